The summed E-state index contributed by atoms with van der Waals surface area (Å²) in [6, 6.07) is 43.9. The van der Waals surface area contributed by atoms with E-state index in [1.165, 1.54) is 7.11 Å². The lowest BCUT2D eigenvalue weighted by Crippen LogP contribution is -2.12. The second-order valence-electron chi connectivity index (χ2n) is 12.1. The highest BCUT2D eigenvalue weighted by molar-refractivity contribution is 6.05. The number of hydrogen-bond donors (Lipinski definition) is 2. The van der Waals surface area contributed by atoms with E-state index in [4.69, 9.17) is 14.2 Å². The topological polar surface area (TPSA) is 103 Å². The molecule has 0 spiro atoms. The minimum Gasteiger partial charge on any atom is -0.489 e. The minimum absolute atomic E-state index is 0.145. The van der Waals surface area contributed by atoms with Crippen LogP contribution >= 0.6 is 0 Å². The molecule has 0 aliphatic carbocycles. The number of carbonyl (C=O) groups is 3. The Morgan fingerprint density at radius 3 is 1.26 bits per heavy atom. The van der Waals surface area contributed by atoms with E-state index in [1.807, 2.05) is 128 Å². The number of rotatable bonds is 11. The maximum atomic E-state index is 12.6. The van der Waals surface area contributed by atoms with Gasteiger partial charge in [0, 0.05) is 33.6 Å². The van der Waals surface area contributed by atoms with Gasteiger partial charge in [0.25, 0.3) is 11.8 Å². The molecular weight excluding hydrogens is 665 g/mol. The van der Waals surface area contributed by atoms with E-state index < -0.39 is 5.97 Å². The Morgan fingerprint density at radius 1 is 0.491 bits per heavy atom. The third kappa shape index (κ3) is 10.2. The molecule has 262 valence electrons. The summed E-state index contributed by atoms with van der Waals surface area (Å²) in [6.45, 7) is 2.74. The third-order valence-electron chi connectivity index (χ3n) is 8.18. The number of carbonyl (C=O) groups excluding carboxylic acids is 3. The predicted molar refractivity (Wildman–Crippen MR) is 205 cm³/mol. The Bertz CT molecular complexity index is 2230. The maximum absolute atomic E-state index is 12.6. The van der Waals surface area contributed by atoms with Gasteiger partial charge in [0.15, 0.2) is 0 Å². The van der Waals surface area contributed by atoms with Gasteiger partial charge < -0.3 is 24.8 Å². The van der Waals surface area contributed by atoms with Crippen molar-refractivity contribution in [2.24, 2.45) is 0 Å². The van der Waals surface area contributed by atoms with Crippen molar-refractivity contribution in [2.75, 3.05) is 17.7 Å². The van der Waals surface area contributed by atoms with Gasteiger partial charge in [-0.2, -0.15) is 0 Å². The zero-order chi connectivity index (χ0) is 37.0. The second-order valence-corrected chi connectivity index (χ2v) is 12.1. The van der Waals surface area contributed by atoms with Crippen molar-refractivity contribution in [2.45, 2.75) is 20.1 Å². The number of esters is 1. The maximum Gasteiger partial charge on any atom is 0.337 e. The van der Waals surface area contributed by atoms with Gasteiger partial charge in [-0.15, -0.1) is 0 Å². The van der Waals surface area contributed by atoms with Crippen LogP contribution in [0.2, 0.25) is 0 Å². The van der Waals surface area contributed by atoms with Crippen LogP contribution in [-0.2, 0) is 18.0 Å². The highest BCUT2D eigenvalue weighted by atomic mass is 16.5. The van der Waals surface area contributed by atoms with E-state index >= 15 is 0 Å². The van der Waals surface area contributed by atoms with Crippen molar-refractivity contribution in [1.29, 1.82) is 0 Å². The molecule has 0 bridgehead atoms. The van der Waals surface area contributed by atoms with Gasteiger partial charge in [0.1, 0.15) is 24.7 Å². The van der Waals surface area contributed by atoms with Gasteiger partial charge in [-0.25, -0.2) is 4.79 Å². The Hall–Kier alpha value is -7.11. The van der Waals surface area contributed by atoms with Crippen molar-refractivity contribution in [3.63, 3.8) is 0 Å². The fourth-order valence-electron chi connectivity index (χ4n) is 5.10. The molecule has 0 fully saturated rings. The van der Waals surface area contributed by atoms with Crippen molar-refractivity contribution in [3.05, 3.63) is 190 Å². The first-order valence-electron chi connectivity index (χ1n) is 16.8. The Kier molecular flexibility index (Phi) is 11.6. The van der Waals surface area contributed by atoms with Crippen molar-refractivity contribution in [1.82, 2.24) is 0 Å². The van der Waals surface area contributed by atoms with E-state index in [-0.39, 0.29) is 11.8 Å². The number of aryl methyl sites for hydroxylation is 1. The second kappa shape index (κ2) is 17.2. The molecular formula is C45H36N2O6. The molecule has 6 aromatic carbocycles. The van der Waals surface area contributed by atoms with E-state index in [9.17, 15) is 14.4 Å². The number of benzene rings is 6. The minimum atomic E-state index is -0.454. The lowest BCUT2D eigenvalue weighted by molar-refractivity contribution is 0.0600. The van der Waals surface area contributed by atoms with Gasteiger partial charge in [-0.1, -0.05) is 53.8 Å². The van der Waals surface area contributed by atoms with Crippen LogP contribution in [0.25, 0.3) is 0 Å². The summed E-state index contributed by atoms with van der Waals surface area (Å²) >= 11 is 0. The molecule has 53 heavy (non-hydrogen) atoms. The van der Waals surface area contributed by atoms with E-state index in [1.54, 1.807) is 24.3 Å². The third-order valence-corrected chi connectivity index (χ3v) is 8.18. The number of nitrogens with one attached hydrogen (secondary N) is 2. The highest BCUT2D eigenvalue weighted by Crippen LogP contribution is 2.19. The molecule has 0 aliphatic heterocycles. The lowest BCUT2D eigenvalue weighted by atomic mass is 10.1. The summed E-state index contributed by atoms with van der Waals surface area (Å²) in [5.41, 5.74) is 7.55. The highest BCUT2D eigenvalue weighted by Gasteiger charge is 2.10. The smallest absolute Gasteiger partial charge is 0.337 e. The molecule has 0 saturated heterocycles. The van der Waals surface area contributed by atoms with Crippen LogP contribution in [0.4, 0.5) is 11.4 Å². The molecule has 0 aliphatic rings. The van der Waals surface area contributed by atoms with E-state index in [0.29, 0.717) is 41.3 Å². The fraction of sp³-hybridized carbons (Fsp3) is 0.0889. The average molecular weight is 701 g/mol. The Morgan fingerprint density at radius 2 is 0.868 bits per heavy atom. The lowest BCUT2D eigenvalue weighted by Gasteiger charge is -2.09. The molecule has 0 aromatic heterocycles. The molecule has 0 saturated carbocycles. The summed E-state index contributed by atoms with van der Waals surface area (Å²) in [6.07, 6.45) is 0. The summed E-state index contributed by atoms with van der Waals surface area (Å²) in [5.74, 6) is 6.94. The standard InChI is InChI=1S/C45H36N2O6/c1-31-3-15-36(16-4-31)43(48)46-39-21-7-34(8-22-39)29-52-41-25-11-32(12-26-41)5-6-33-13-27-42(28-14-33)53-30-35-9-23-40(24-10-35)47-44(49)37-17-19-38(20-18-37)45(50)51-2/h3-4,7-28H,29-30H2,1-2H3,(H,46,48)(H,47,49). The van der Waals surface area contributed by atoms with Crippen LogP contribution < -0.4 is 20.1 Å². The molecule has 6 aromatic rings. The molecule has 8 nitrogen and oxygen atoms in total. The van der Waals surface area contributed by atoms with Gasteiger partial charge in [0.2, 0.25) is 0 Å². The number of ether oxygens (including phenoxy) is 3. The summed E-state index contributed by atoms with van der Waals surface area (Å²) in [4.78, 5) is 36.7. The monoisotopic (exact) mass is 700 g/mol. The molecule has 0 unspecified atom stereocenters. The van der Waals surface area contributed by atoms with Gasteiger partial charge in [-0.05, 0) is 127 Å². The molecule has 2 amide bonds. The summed E-state index contributed by atoms with van der Waals surface area (Å²) < 4.78 is 16.6. The van der Waals surface area contributed by atoms with Crippen LogP contribution in [0.5, 0.6) is 11.5 Å². The van der Waals surface area contributed by atoms with Crippen LogP contribution in [-0.4, -0.2) is 24.9 Å². The van der Waals surface area contributed by atoms with Crippen LogP contribution in [0.3, 0.4) is 0 Å². The van der Waals surface area contributed by atoms with E-state index in [2.05, 4.69) is 22.5 Å². The number of hydrogen-bond acceptors (Lipinski definition) is 6. The first kappa shape index (κ1) is 35.7. The predicted octanol–water partition coefficient (Wildman–Crippen LogP) is 8.84. The molecule has 0 heterocycles. The zero-order valence-electron chi connectivity index (χ0n) is 29.2. The van der Waals surface area contributed by atoms with Crippen molar-refractivity contribution < 1.29 is 28.6 Å². The van der Waals surface area contributed by atoms with Gasteiger partial charge >= 0.3 is 5.97 Å². The first-order valence-corrected chi connectivity index (χ1v) is 16.8. The normalized spacial score (nSPS) is 10.3. The number of methoxy groups -OCH3 is 1. The largest absolute Gasteiger partial charge is 0.489 e. The molecule has 2 N–H and O–H groups in total. The van der Waals surface area contributed by atoms with E-state index in [0.717, 1.165) is 39.3 Å². The summed E-state index contributed by atoms with van der Waals surface area (Å²) in [7, 11) is 1.31. The van der Waals surface area contributed by atoms with Gasteiger partial charge in [-0.3, -0.25) is 9.59 Å². The Balaban J connectivity index is 0.927. The first-order chi connectivity index (χ1) is 25.8. The van der Waals surface area contributed by atoms with Crippen LogP contribution in [0.1, 0.15) is 58.9 Å². The zero-order valence-corrected chi connectivity index (χ0v) is 29.2. The average Bonchev–Trinajstić information content (AvgIpc) is 3.20. The fourth-order valence-corrected chi connectivity index (χ4v) is 5.10. The Labute approximate surface area is 308 Å². The molecule has 6 rings (SSSR count). The SMILES string of the molecule is COC(=O)c1ccc(C(=O)Nc2ccc(COc3ccc(C#Cc4ccc(OCc5ccc(NC(=O)c6ccc(C)cc6)cc5)cc4)cc3)cc2)cc1. The van der Waals surface area contributed by atoms with Gasteiger partial charge in [0.05, 0.1) is 12.7 Å². The molecule has 0 radical (unpaired) electrons. The quantitative estimate of drug-likeness (QED) is 0.103. The molecule has 8 heteroatoms. The number of anilines is 2. The number of amides is 2. The van der Waals surface area contributed by atoms with Crippen molar-refractivity contribution >= 4 is 29.2 Å². The van der Waals surface area contributed by atoms with Crippen LogP contribution in [0, 0.1) is 18.8 Å². The van der Waals surface area contributed by atoms with Crippen LogP contribution in [0.15, 0.2) is 146 Å². The molecule has 0 atom stereocenters. The summed E-state index contributed by atoms with van der Waals surface area (Å²) in [5, 5.41) is 5.77. The van der Waals surface area contributed by atoms with Crippen molar-refractivity contribution in [3.8, 4) is 23.3 Å².